The summed E-state index contributed by atoms with van der Waals surface area (Å²) in [5.41, 5.74) is 0.542. The lowest BCUT2D eigenvalue weighted by molar-refractivity contribution is 0.0995. The number of hydrogen-bond acceptors (Lipinski definition) is 2. The number of rotatable bonds is 1. The van der Waals surface area contributed by atoms with Gasteiger partial charge in [-0.2, -0.15) is 0 Å². The molecule has 0 aromatic heterocycles. The molecule has 68 valence electrons. The van der Waals surface area contributed by atoms with E-state index in [1.807, 2.05) is 7.11 Å². The molecule has 0 aromatic carbocycles. The lowest BCUT2D eigenvalue weighted by Gasteiger charge is -2.15. The molecule has 1 atom stereocenters. The van der Waals surface area contributed by atoms with Crippen LogP contribution in [0.3, 0.4) is 0 Å². The third kappa shape index (κ3) is 3.73. The molecule has 1 fully saturated rings. The van der Waals surface area contributed by atoms with E-state index < -0.39 is 0 Å². The number of hydrogen-bond donors (Lipinski definition) is 1. The van der Waals surface area contributed by atoms with Crippen molar-refractivity contribution >= 4 is 0 Å². The highest BCUT2D eigenvalue weighted by molar-refractivity contribution is 4.82. The average Bonchev–Trinajstić information content (AvgIpc) is 2.34. The summed E-state index contributed by atoms with van der Waals surface area (Å²) in [6.45, 7) is 4.62. The lowest BCUT2D eigenvalue weighted by Crippen LogP contribution is -2.09. The van der Waals surface area contributed by atoms with Gasteiger partial charge < -0.3 is 9.84 Å². The second-order valence-electron chi connectivity index (χ2n) is 3.76. The van der Waals surface area contributed by atoms with Crippen molar-refractivity contribution in [2.24, 2.45) is 5.41 Å². The van der Waals surface area contributed by atoms with Crippen molar-refractivity contribution in [3.05, 3.63) is 0 Å². The number of ether oxygens (including phenoxy) is 1. The molecule has 2 heteroatoms. The van der Waals surface area contributed by atoms with E-state index in [0.717, 1.165) is 7.11 Å². The third-order valence-electron chi connectivity index (χ3n) is 2.26. The van der Waals surface area contributed by atoms with Crippen LogP contribution < -0.4 is 0 Å². The summed E-state index contributed by atoms with van der Waals surface area (Å²) in [4.78, 5) is 0. The molecule has 0 saturated heterocycles. The Kier molecular flexibility index (Phi) is 4.69. The first-order valence-corrected chi connectivity index (χ1v) is 4.11. The predicted molar refractivity (Wildman–Crippen MR) is 46.6 cm³/mol. The number of aliphatic hydroxyl groups is 1. The summed E-state index contributed by atoms with van der Waals surface area (Å²) < 4.78 is 5.25. The minimum atomic E-state index is 0.542. The molecule has 1 saturated carbocycles. The lowest BCUT2D eigenvalue weighted by atomic mass is 9.92. The highest BCUT2D eigenvalue weighted by Crippen LogP contribution is 2.37. The third-order valence-corrected chi connectivity index (χ3v) is 2.26. The Morgan fingerprint density at radius 2 is 1.91 bits per heavy atom. The molecule has 1 rings (SSSR count). The summed E-state index contributed by atoms with van der Waals surface area (Å²) in [5.74, 6) is 0. The van der Waals surface area contributed by atoms with Crippen LogP contribution in [0.15, 0.2) is 0 Å². The van der Waals surface area contributed by atoms with Gasteiger partial charge in [-0.3, -0.25) is 0 Å². The molecule has 11 heavy (non-hydrogen) atoms. The first kappa shape index (κ1) is 10.9. The minimum absolute atomic E-state index is 0.542. The second-order valence-corrected chi connectivity index (χ2v) is 3.76. The van der Waals surface area contributed by atoms with E-state index in [1.54, 1.807) is 0 Å². The van der Waals surface area contributed by atoms with Crippen LogP contribution in [0.25, 0.3) is 0 Å². The Labute approximate surface area is 69.6 Å². The molecule has 1 aliphatic rings. The zero-order valence-corrected chi connectivity index (χ0v) is 8.05. The first-order valence-electron chi connectivity index (χ1n) is 4.11. The van der Waals surface area contributed by atoms with Gasteiger partial charge >= 0.3 is 0 Å². The fourth-order valence-corrected chi connectivity index (χ4v) is 1.57. The zero-order chi connectivity index (χ0) is 8.91. The molecule has 1 aliphatic carbocycles. The van der Waals surface area contributed by atoms with Crippen molar-refractivity contribution in [3.8, 4) is 0 Å². The SMILES string of the molecule is CO.COC1CCC(C)(C)C1. The van der Waals surface area contributed by atoms with E-state index >= 15 is 0 Å². The molecule has 2 nitrogen and oxygen atoms in total. The van der Waals surface area contributed by atoms with Crippen LogP contribution in [0, 0.1) is 5.41 Å². The van der Waals surface area contributed by atoms with Gasteiger partial charge in [-0.25, -0.2) is 0 Å². The van der Waals surface area contributed by atoms with Crippen LogP contribution in [0.5, 0.6) is 0 Å². The van der Waals surface area contributed by atoms with Crippen molar-refractivity contribution in [2.75, 3.05) is 14.2 Å². The maximum absolute atomic E-state index is 7.00. The summed E-state index contributed by atoms with van der Waals surface area (Å²) in [5, 5.41) is 7.00. The van der Waals surface area contributed by atoms with E-state index in [4.69, 9.17) is 9.84 Å². The molecule has 0 bridgehead atoms. The van der Waals surface area contributed by atoms with E-state index in [9.17, 15) is 0 Å². The Morgan fingerprint density at radius 3 is 2.09 bits per heavy atom. The minimum Gasteiger partial charge on any atom is -0.400 e. The largest absolute Gasteiger partial charge is 0.400 e. The van der Waals surface area contributed by atoms with Gasteiger partial charge in [-0.15, -0.1) is 0 Å². The Balaban J connectivity index is 0.000000461. The van der Waals surface area contributed by atoms with Gasteiger partial charge in [0.15, 0.2) is 0 Å². The number of methoxy groups -OCH3 is 1. The fourth-order valence-electron chi connectivity index (χ4n) is 1.57. The summed E-state index contributed by atoms with van der Waals surface area (Å²) in [7, 11) is 2.81. The Bertz CT molecular complexity index is 99.7. The van der Waals surface area contributed by atoms with E-state index in [-0.39, 0.29) is 0 Å². The number of aliphatic hydroxyl groups excluding tert-OH is 1. The monoisotopic (exact) mass is 160 g/mol. The van der Waals surface area contributed by atoms with Crippen molar-refractivity contribution in [2.45, 2.75) is 39.2 Å². The maximum atomic E-state index is 7.00. The molecule has 1 unspecified atom stereocenters. The van der Waals surface area contributed by atoms with Gasteiger partial charge in [0.05, 0.1) is 6.10 Å². The highest BCUT2D eigenvalue weighted by atomic mass is 16.5. The van der Waals surface area contributed by atoms with Gasteiger partial charge in [0.1, 0.15) is 0 Å². The van der Waals surface area contributed by atoms with Crippen LogP contribution in [-0.2, 0) is 4.74 Å². The van der Waals surface area contributed by atoms with Gasteiger partial charge in [-0.05, 0) is 24.7 Å². The van der Waals surface area contributed by atoms with Crippen molar-refractivity contribution in [1.29, 1.82) is 0 Å². The smallest absolute Gasteiger partial charge is 0.0576 e. The van der Waals surface area contributed by atoms with E-state index in [2.05, 4.69) is 13.8 Å². The summed E-state index contributed by atoms with van der Waals surface area (Å²) in [6.07, 6.45) is 4.36. The van der Waals surface area contributed by atoms with E-state index in [0.29, 0.717) is 11.5 Å². The second kappa shape index (κ2) is 4.73. The predicted octanol–water partition coefficient (Wildman–Crippen LogP) is 1.82. The summed E-state index contributed by atoms with van der Waals surface area (Å²) in [6, 6.07) is 0. The van der Waals surface area contributed by atoms with Crippen LogP contribution >= 0.6 is 0 Å². The van der Waals surface area contributed by atoms with Crippen LogP contribution in [0.4, 0.5) is 0 Å². The van der Waals surface area contributed by atoms with Crippen LogP contribution in [0.2, 0.25) is 0 Å². The Hall–Kier alpha value is -0.0800. The molecule has 0 amide bonds. The van der Waals surface area contributed by atoms with Gasteiger partial charge in [-0.1, -0.05) is 13.8 Å². The van der Waals surface area contributed by atoms with Gasteiger partial charge in [0, 0.05) is 14.2 Å². The quantitative estimate of drug-likeness (QED) is 0.634. The fraction of sp³-hybridized carbons (Fsp3) is 1.00. The molecule has 0 spiro atoms. The van der Waals surface area contributed by atoms with Gasteiger partial charge in [0.2, 0.25) is 0 Å². The standard InChI is InChI=1S/C8H16O.CH4O/c1-8(2)5-4-7(6-8)9-3;1-2/h7H,4-6H2,1-3H3;2H,1H3. The maximum Gasteiger partial charge on any atom is 0.0576 e. The van der Waals surface area contributed by atoms with Crippen LogP contribution in [-0.4, -0.2) is 25.4 Å². The van der Waals surface area contributed by atoms with Crippen molar-refractivity contribution in [1.82, 2.24) is 0 Å². The molecular formula is C9H20O2. The molecule has 0 heterocycles. The normalized spacial score (nSPS) is 27.5. The topological polar surface area (TPSA) is 29.5 Å². The van der Waals surface area contributed by atoms with Crippen molar-refractivity contribution in [3.63, 3.8) is 0 Å². The molecular weight excluding hydrogens is 140 g/mol. The zero-order valence-electron chi connectivity index (χ0n) is 8.05. The molecule has 0 aliphatic heterocycles. The Morgan fingerprint density at radius 1 is 1.36 bits per heavy atom. The molecule has 1 N–H and O–H groups in total. The van der Waals surface area contributed by atoms with Crippen molar-refractivity contribution < 1.29 is 9.84 Å². The first-order chi connectivity index (χ1) is 5.14. The highest BCUT2D eigenvalue weighted by Gasteiger charge is 2.30. The molecule has 0 aromatic rings. The van der Waals surface area contributed by atoms with Crippen LogP contribution in [0.1, 0.15) is 33.1 Å². The van der Waals surface area contributed by atoms with E-state index in [1.165, 1.54) is 19.3 Å². The average molecular weight is 160 g/mol. The summed E-state index contributed by atoms with van der Waals surface area (Å²) >= 11 is 0. The van der Waals surface area contributed by atoms with Gasteiger partial charge in [0.25, 0.3) is 0 Å². The molecule has 0 radical (unpaired) electrons.